The van der Waals surface area contributed by atoms with Crippen LogP contribution < -0.4 is 0 Å². The number of rotatable bonds is 3. The average molecular weight is 199 g/mol. The molecule has 0 saturated carbocycles. The molecule has 3 heterocycles. The van der Waals surface area contributed by atoms with Crippen LogP contribution in [0.1, 0.15) is 12.8 Å². The first-order valence-electron chi connectivity index (χ1n) is 5.14. The zero-order valence-corrected chi connectivity index (χ0v) is 8.53. The molecule has 0 aromatic carbocycles. The van der Waals surface area contributed by atoms with Gasteiger partial charge in [-0.25, -0.2) is 0 Å². The van der Waals surface area contributed by atoms with Crippen molar-refractivity contribution in [3.8, 4) is 0 Å². The minimum Gasteiger partial charge on any atom is -0.394 e. The lowest BCUT2D eigenvalue weighted by Crippen LogP contribution is -2.68. The van der Waals surface area contributed by atoms with Crippen LogP contribution in [0.15, 0.2) is 0 Å². The second-order valence-corrected chi connectivity index (χ2v) is 4.25. The summed E-state index contributed by atoms with van der Waals surface area (Å²) in [7, 11) is 1.58. The summed E-state index contributed by atoms with van der Waals surface area (Å²) in [5, 5.41) is 9.42. The van der Waals surface area contributed by atoms with E-state index < -0.39 is 5.54 Å². The summed E-state index contributed by atoms with van der Waals surface area (Å²) in [5.41, 5.74) is -0.726. The highest BCUT2D eigenvalue weighted by molar-refractivity contribution is 5.92. The maximum atomic E-state index is 12.0. The van der Waals surface area contributed by atoms with Crippen LogP contribution in [0.4, 0.5) is 0 Å². The van der Waals surface area contributed by atoms with Crippen molar-refractivity contribution in [3.05, 3.63) is 0 Å². The van der Waals surface area contributed by atoms with E-state index in [1.54, 1.807) is 7.11 Å². The van der Waals surface area contributed by atoms with Crippen LogP contribution in [0.3, 0.4) is 0 Å². The molecular weight excluding hydrogens is 182 g/mol. The van der Waals surface area contributed by atoms with Gasteiger partial charge in [-0.05, 0) is 25.9 Å². The molecular formula is C10H17NO3. The van der Waals surface area contributed by atoms with E-state index in [4.69, 9.17) is 4.74 Å². The molecule has 4 heteroatoms. The van der Waals surface area contributed by atoms with E-state index >= 15 is 0 Å². The first kappa shape index (κ1) is 10.1. The van der Waals surface area contributed by atoms with Gasteiger partial charge < -0.3 is 9.84 Å². The van der Waals surface area contributed by atoms with Gasteiger partial charge >= 0.3 is 0 Å². The third-order valence-electron chi connectivity index (χ3n) is 3.57. The van der Waals surface area contributed by atoms with E-state index in [0.717, 1.165) is 25.9 Å². The van der Waals surface area contributed by atoms with E-state index in [9.17, 15) is 9.90 Å². The zero-order chi connectivity index (χ0) is 10.2. The fourth-order valence-electron chi connectivity index (χ4n) is 2.73. The molecule has 3 aliphatic heterocycles. The van der Waals surface area contributed by atoms with Gasteiger partial charge in [-0.3, -0.25) is 9.69 Å². The molecule has 0 spiro atoms. The lowest BCUT2D eigenvalue weighted by molar-refractivity contribution is -0.158. The van der Waals surface area contributed by atoms with Gasteiger partial charge in [0.1, 0.15) is 5.54 Å². The Balaban J connectivity index is 2.26. The van der Waals surface area contributed by atoms with Gasteiger partial charge in [0.15, 0.2) is 5.78 Å². The summed E-state index contributed by atoms with van der Waals surface area (Å²) in [5.74, 6) is 0.335. The van der Waals surface area contributed by atoms with Gasteiger partial charge in [-0.2, -0.15) is 0 Å². The Morgan fingerprint density at radius 1 is 1.57 bits per heavy atom. The van der Waals surface area contributed by atoms with Crippen LogP contribution >= 0.6 is 0 Å². The first-order valence-corrected chi connectivity index (χ1v) is 5.14. The quantitative estimate of drug-likeness (QED) is 0.675. The number of ether oxygens (including phenoxy) is 1. The van der Waals surface area contributed by atoms with E-state index in [1.165, 1.54) is 0 Å². The number of carbonyl (C=O) groups excluding carboxylic acids is 1. The number of Topliss-reactive ketones (excluding diaryl/α,β-unsaturated/α-hetero) is 1. The molecule has 1 atom stereocenters. The fourth-order valence-corrected chi connectivity index (χ4v) is 2.73. The Morgan fingerprint density at radius 2 is 2.21 bits per heavy atom. The molecule has 0 aromatic heterocycles. The van der Waals surface area contributed by atoms with E-state index in [-0.39, 0.29) is 18.3 Å². The number of piperidine rings is 3. The highest BCUT2D eigenvalue weighted by Crippen LogP contribution is 2.36. The summed E-state index contributed by atoms with van der Waals surface area (Å²) < 4.78 is 5.08. The SMILES string of the molecule is COC[C@]1(CO)C(=O)C2CCN1CC2. The van der Waals surface area contributed by atoms with Crippen molar-refractivity contribution in [2.45, 2.75) is 18.4 Å². The molecule has 2 bridgehead atoms. The van der Waals surface area contributed by atoms with Crippen molar-refractivity contribution in [2.24, 2.45) is 5.92 Å². The molecule has 3 aliphatic rings. The number of carbonyl (C=O) groups is 1. The van der Waals surface area contributed by atoms with Crippen molar-refractivity contribution in [2.75, 3.05) is 33.4 Å². The minimum atomic E-state index is -0.726. The summed E-state index contributed by atoms with van der Waals surface area (Å²) >= 11 is 0. The van der Waals surface area contributed by atoms with Crippen molar-refractivity contribution < 1.29 is 14.6 Å². The largest absolute Gasteiger partial charge is 0.394 e. The predicted octanol–water partition coefficient (Wildman–Crippen LogP) is -0.341. The summed E-state index contributed by atoms with van der Waals surface area (Å²) in [4.78, 5) is 14.1. The van der Waals surface area contributed by atoms with E-state index in [2.05, 4.69) is 4.90 Å². The molecule has 0 unspecified atom stereocenters. The molecule has 3 saturated heterocycles. The molecule has 1 N–H and O–H groups in total. The average Bonchev–Trinajstić information content (AvgIpc) is 2.24. The molecule has 3 rings (SSSR count). The monoisotopic (exact) mass is 199 g/mol. The third kappa shape index (κ3) is 1.21. The van der Waals surface area contributed by atoms with Crippen LogP contribution in [0.5, 0.6) is 0 Å². The Bertz CT molecular complexity index is 236. The van der Waals surface area contributed by atoms with Gasteiger partial charge in [0.2, 0.25) is 0 Å². The number of fused-ring (bicyclic) bond motifs is 3. The molecule has 80 valence electrons. The van der Waals surface area contributed by atoms with E-state index in [1.807, 2.05) is 0 Å². The van der Waals surface area contributed by atoms with Crippen LogP contribution in [-0.2, 0) is 9.53 Å². The number of hydrogen-bond donors (Lipinski definition) is 1. The smallest absolute Gasteiger partial charge is 0.160 e. The summed E-state index contributed by atoms with van der Waals surface area (Å²) in [6.07, 6.45) is 1.90. The number of aliphatic hydroxyl groups excluding tert-OH is 1. The molecule has 0 radical (unpaired) electrons. The Morgan fingerprint density at radius 3 is 2.64 bits per heavy atom. The second-order valence-electron chi connectivity index (χ2n) is 4.25. The number of aliphatic hydroxyl groups is 1. The normalized spacial score (nSPS) is 41.7. The van der Waals surface area contributed by atoms with Crippen molar-refractivity contribution in [1.29, 1.82) is 0 Å². The Hall–Kier alpha value is -0.450. The summed E-state index contributed by atoms with van der Waals surface area (Å²) in [6.45, 7) is 2.04. The van der Waals surface area contributed by atoms with Gasteiger partial charge in [-0.15, -0.1) is 0 Å². The lowest BCUT2D eigenvalue weighted by Gasteiger charge is -2.51. The van der Waals surface area contributed by atoms with Crippen LogP contribution in [0.2, 0.25) is 0 Å². The summed E-state index contributed by atoms with van der Waals surface area (Å²) in [6, 6.07) is 0. The standard InChI is InChI=1S/C10H17NO3/c1-14-7-10(6-12)9(13)8-2-4-11(10)5-3-8/h8,12H,2-7H2,1H3/t10-/m1/s1. The number of nitrogens with zero attached hydrogens (tertiary/aromatic N) is 1. The number of ketones is 1. The molecule has 14 heavy (non-hydrogen) atoms. The topological polar surface area (TPSA) is 49.8 Å². The predicted molar refractivity (Wildman–Crippen MR) is 51.0 cm³/mol. The van der Waals surface area contributed by atoms with Crippen LogP contribution in [0.25, 0.3) is 0 Å². The van der Waals surface area contributed by atoms with Crippen LogP contribution in [0, 0.1) is 5.92 Å². The fraction of sp³-hybridized carbons (Fsp3) is 0.900. The second kappa shape index (κ2) is 3.61. The van der Waals surface area contributed by atoms with Gasteiger partial charge in [0.25, 0.3) is 0 Å². The van der Waals surface area contributed by atoms with Gasteiger partial charge in [0, 0.05) is 13.0 Å². The lowest BCUT2D eigenvalue weighted by atomic mass is 9.74. The minimum absolute atomic E-state index is 0.115. The van der Waals surface area contributed by atoms with Gasteiger partial charge in [-0.1, -0.05) is 0 Å². The third-order valence-corrected chi connectivity index (χ3v) is 3.57. The highest BCUT2D eigenvalue weighted by atomic mass is 16.5. The molecule has 0 aromatic rings. The number of methoxy groups -OCH3 is 1. The Kier molecular flexibility index (Phi) is 2.60. The van der Waals surface area contributed by atoms with Crippen molar-refractivity contribution in [1.82, 2.24) is 4.90 Å². The molecule has 0 amide bonds. The van der Waals surface area contributed by atoms with E-state index in [0.29, 0.717) is 6.61 Å². The molecule has 3 fully saturated rings. The van der Waals surface area contributed by atoms with Crippen molar-refractivity contribution in [3.63, 3.8) is 0 Å². The first-order chi connectivity index (χ1) is 6.74. The molecule has 0 aliphatic carbocycles. The zero-order valence-electron chi connectivity index (χ0n) is 8.53. The van der Waals surface area contributed by atoms with Crippen molar-refractivity contribution >= 4 is 5.78 Å². The number of hydrogen-bond acceptors (Lipinski definition) is 4. The van der Waals surface area contributed by atoms with Gasteiger partial charge in [0.05, 0.1) is 13.2 Å². The highest BCUT2D eigenvalue weighted by Gasteiger charge is 2.52. The Labute approximate surface area is 83.8 Å². The van der Waals surface area contributed by atoms with Crippen LogP contribution in [-0.4, -0.2) is 54.7 Å². The maximum Gasteiger partial charge on any atom is 0.160 e. The maximum absolute atomic E-state index is 12.0. The molecule has 4 nitrogen and oxygen atoms in total.